The van der Waals surface area contributed by atoms with E-state index in [0.717, 1.165) is 11.4 Å². The average molecular weight is 544 g/mol. The Morgan fingerprint density at radius 3 is 1.55 bits per heavy atom. The predicted molar refractivity (Wildman–Crippen MR) is 176 cm³/mol. The molecule has 0 spiro atoms. The summed E-state index contributed by atoms with van der Waals surface area (Å²) in [5.41, 5.74) is 9.05. The molecular formula is C38H41NS. The van der Waals surface area contributed by atoms with Crippen LogP contribution in [0.25, 0.3) is 20.9 Å². The van der Waals surface area contributed by atoms with E-state index in [1.165, 1.54) is 76.1 Å². The lowest BCUT2D eigenvalue weighted by Crippen LogP contribution is -2.28. The SMILES string of the molecule is CCCCC(CCCC)(c1ccc(C)cc1)c1ccc(Nc2ccc(-c3ccc(-c4ccccc4)s3)cc2)cc1. The van der Waals surface area contributed by atoms with Crippen LogP contribution in [0.15, 0.2) is 115 Å². The van der Waals surface area contributed by atoms with E-state index in [1.54, 1.807) is 0 Å². The van der Waals surface area contributed by atoms with Crippen molar-refractivity contribution in [3.63, 3.8) is 0 Å². The standard InChI is InChI=1S/C38H41NS/c1-4-6-27-38(28-7-5-2,32-17-13-29(3)14-18-32)33-19-23-35(24-20-33)39-34-21-15-31(16-22-34)37-26-25-36(40-37)30-11-9-8-10-12-30/h8-26,39H,4-7,27-28H2,1-3H3. The first-order valence-electron chi connectivity index (χ1n) is 14.8. The number of hydrogen-bond acceptors (Lipinski definition) is 2. The maximum absolute atomic E-state index is 3.63. The zero-order valence-corrected chi connectivity index (χ0v) is 24.9. The Morgan fingerprint density at radius 1 is 0.550 bits per heavy atom. The molecule has 1 heterocycles. The van der Waals surface area contributed by atoms with Crippen molar-refractivity contribution in [3.8, 4) is 20.9 Å². The lowest BCUT2D eigenvalue weighted by atomic mass is 9.68. The van der Waals surface area contributed by atoms with Gasteiger partial charge < -0.3 is 5.32 Å². The van der Waals surface area contributed by atoms with Crippen LogP contribution in [0.3, 0.4) is 0 Å². The molecule has 0 amide bonds. The normalized spacial score (nSPS) is 11.5. The molecule has 1 N–H and O–H groups in total. The summed E-state index contributed by atoms with van der Waals surface area (Å²) < 4.78 is 0. The van der Waals surface area contributed by atoms with Gasteiger partial charge in [0.1, 0.15) is 0 Å². The van der Waals surface area contributed by atoms with Gasteiger partial charge in [-0.3, -0.25) is 0 Å². The van der Waals surface area contributed by atoms with Gasteiger partial charge in [0.15, 0.2) is 0 Å². The van der Waals surface area contributed by atoms with Crippen molar-refractivity contribution in [2.75, 3.05) is 5.32 Å². The van der Waals surface area contributed by atoms with E-state index in [4.69, 9.17) is 0 Å². The number of nitrogens with one attached hydrogen (secondary N) is 1. The lowest BCUT2D eigenvalue weighted by molar-refractivity contribution is 0.406. The molecule has 1 aromatic heterocycles. The number of benzene rings is 4. The smallest absolute Gasteiger partial charge is 0.0384 e. The molecule has 0 saturated heterocycles. The summed E-state index contributed by atoms with van der Waals surface area (Å²) in [6, 6.07) is 42.4. The van der Waals surface area contributed by atoms with Crippen LogP contribution in [0.4, 0.5) is 11.4 Å². The molecule has 0 radical (unpaired) electrons. The first-order valence-corrected chi connectivity index (χ1v) is 15.6. The summed E-state index contributed by atoms with van der Waals surface area (Å²) in [7, 11) is 0. The minimum absolute atomic E-state index is 0.0687. The lowest BCUT2D eigenvalue weighted by Gasteiger charge is -2.36. The zero-order chi connectivity index (χ0) is 27.8. The highest BCUT2D eigenvalue weighted by atomic mass is 32.1. The average Bonchev–Trinajstić information content (AvgIpc) is 3.50. The van der Waals surface area contributed by atoms with Gasteiger partial charge in [0.05, 0.1) is 0 Å². The largest absolute Gasteiger partial charge is 0.356 e. The van der Waals surface area contributed by atoms with Crippen LogP contribution in [0, 0.1) is 6.92 Å². The molecule has 5 aromatic rings. The van der Waals surface area contributed by atoms with Crippen molar-refractivity contribution in [2.45, 2.75) is 64.7 Å². The second kappa shape index (κ2) is 13.2. The van der Waals surface area contributed by atoms with E-state index in [1.807, 2.05) is 11.3 Å². The molecule has 0 aliphatic heterocycles. The van der Waals surface area contributed by atoms with Crippen LogP contribution in [-0.4, -0.2) is 0 Å². The van der Waals surface area contributed by atoms with Crippen molar-refractivity contribution >= 4 is 22.7 Å². The van der Waals surface area contributed by atoms with Crippen LogP contribution in [0.5, 0.6) is 0 Å². The molecule has 0 atom stereocenters. The minimum atomic E-state index is 0.0687. The highest BCUT2D eigenvalue weighted by molar-refractivity contribution is 7.18. The molecule has 1 nitrogen and oxygen atoms in total. The Kier molecular flexibility index (Phi) is 9.19. The van der Waals surface area contributed by atoms with Crippen molar-refractivity contribution < 1.29 is 0 Å². The van der Waals surface area contributed by atoms with Gasteiger partial charge in [-0.15, -0.1) is 11.3 Å². The number of hydrogen-bond donors (Lipinski definition) is 1. The van der Waals surface area contributed by atoms with Gasteiger partial charge in [-0.25, -0.2) is 0 Å². The Labute approximate surface area is 244 Å². The third kappa shape index (κ3) is 6.40. The van der Waals surface area contributed by atoms with Gasteiger partial charge in [0.2, 0.25) is 0 Å². The topological polar surface area (TPSA) is 12.0 Å². The number of rotatable bonds is 12. The predicted octanol–water partition coefficient (Wildman–Crippen LogP) is 11.8. The van der Waals surface area contributed by atoms with Crippen molar-refractivity contribution in [3.05, 3.63) is 132 Å². The van der Waals surface area contributed by atoms with Gasteiger partial charge in [-0.1, -0.05) is 124 Å². The van der Waals surface area contributed by atoms with Gasteiger partial charge in [-0.05, 0) is 78.4 Å². The molecule has 4 aromatic carbocycles. The summed E-state index contributed by atoms with van der Waals surface area (Å²) in [4.78, 5) is 2.60. The molecule has 0 aliphatic carbocycles. The summed E-state index contributed by atoms with van der Waals surface area (Å²) in [5.74, 6) is 0. The highest BCUT2D eigenvalue weighted by Crippen LogP contribution is 2.42. The third-order valence-corrected chi connectivity index (χ3v) is 9.26. The third-order valence-electron chi connectivity index (χ3n) is 8.08. The van der Waals surface area contributed by atoms with E-state index in [2.05, 4.69) is 141 Å². The summed E-state index contributed by atoms with van der Waals surface area (Å²) in [5, 5.41) is 3.63. The fraction of sp³-hybridized carbons (Fsp3) is 0.263. The molecular weight excluding hydrogens is 502 g/mol. The number of unbranched alkanes of at least 4 members (excludes halogenated alkanes) is 2. The maximum Gasteiger partial charge on any atom is 0.0384 e. The number of aryl methyl sites for hydroxylation is 1. The Bertz CT molecular complexity index is 1450. The molecule has 0 saturated carbocycles. The molecule has 0 bridgehead atoms. The van der Waals surface area contributed by atoms with Crippen molar-refractivity contribution in [1.29, 1.82) is 0 Å². The molecule has 40 heavy (non-hydrogen) atoms. The van der Waals surface area contributed by atoms with Gasteiger partial charge in [-0.2, -0.15) is 0 Å². The maximum atomic E-state index is 3.63. The second-order valence-electron chi connectivity index (χ2n) is 11.0. The molecule has 204 valence electrons. The fourth-order valence-electron chi connectivity index (χ4n) is 5.71. The summed E-state index contributed by atoms with van der Waals surface area (Å²) in [6.45, 7) is 6.79. The monoisotopic (exact) mass is 543 g/mol. The Hall–Kier alpha value is -3.62. The first-order chi connectivity index (χ1) is 19.6. The van der Waals surface area contributed by atoms with Gasteiger partial charge >= 0.3 is 0 Å². The molecule has 0 aliphatic rings. The molecule has 5 rings (SSSR count). The highest BCUT2D eigenvalue weighted by Gasteiger charge is 2.33. The van der Waals surface area contributed by atoms with Gasteiger partial charge in [0, 0.05) is 26.5 Å². The van der Waals surface area contributed by atoms with E-state index >= 15 is 0 Å². The van der Waals surface area contributed by atoms with E-state index < -0.39 is 0 Å². The van der Waals surface area contributed by atoms with Crippen LogP contribution in [-0.2, 0) is 5.41 Å². The summed E-state index contributed by atoms with van der Waals surface area (Å²) in [6.07, 6.45) is 7.29. The number of thiophene rings is 1. The van der Waals surface area contributed by atoms with Crippen LogP contribution >= 0.6 is 11.3 Å². The van der Waals surface area contributed by atoms with Crippen LogP contribution in [0.1, 0.15) is 69.1 Å². The van der Waals surface area contributed by atoms with E-state index in [0.29, 0.717) is 0 Å². The van der Waals surface area contributed by atoms with Gasteiger partial charge in [0.25, 0.3) is 0 Å². The van der Waals surface area contributed by atoms with Crippen LogP contribution in [0.2, 0.25) is 0 Å². The Morgan fingerprint density at radius 2 is 1.02 bits per heavy atom. The Balaban J connectivity index is 1.34. The fourth-order valence-corrected chi connectivity index (χ4v) is 6.72. The molecule has 0 fully saturated rings. The molecule has 2 heteroatoms. The zero-order valence-electron chi connectivity index (χ0n) is 24.1. The van der Waals surface area contributed by atoms with Crippen molar-refractivity contribution in [1.82, 2.24) is 0 Å². The minimum Gasteiger partial charge on any atom is -0.356 e. The first kappa shape index (κ1) is 27.9. The second-order valence-corrected chi connectivity index (χ2v) is 12.0. The van der Waals surface area contributed by atoms with E-state index in [-0.39, 0.29) is 5.41 Å². The molecule has 0 unspecified atom stereocenters. The number of anilines is 2. The van der Waals surface area contributed by atoms with E-state index in [9.17, 15) is 0 Å². The van der Waals surface area contributed by atoms with Crippen LogP contribution < -0.4 is 5.32 Å². The summed E-state index contributed by atoms with van der Waals surface area (Å²) >= 11 is 1.84. The quantitative estimate of drug-likeness (QED) is 0.165. The van der Waals surface area contributed by atoms with Crippen molar-refractivity contribution in [2.24, 2.45) is 0 Å².